The number of fused-ring (bicyclic) bond motifs is 1. The number of para-hydroxylation sites is 2. The maximum atomic E-state index is 11.1. The van der Waals surface area contributed by atoms with Crippen molar-refractivity contribution in [3.63, 3.8) is 0 Å². The molecule has 0 aliphatic carbocycles. The fourth-order valence-corrected chi connectivity index (χ4v) is 2.76. The first-order valence-electron chi connectivity index (χ1n) is 6.55. The van der Waals surface area contributed by atoms with Crippen molar-refractivity contribution in [3.05, 3.63) is 30.1 Å². The first kappa shape index (κ1) is 13.9. The van der Waals surface area contributed by atoms with Gasteiger partial charge >= 0.3 is 0 Å². The van der Waals surface area contributed by atoms with Gasteiger partial charge in [-0.15, -0.1) is 10.2 Å². The van der Waals surface area contributed by atoms with Crippen LogP contribution in [0.15, 0.2) is 29.4 Å². The van der Waals surface area contributed by atoms with Gasteiger partial charge < -0.3 is 14.0 Å². The van der Waals surface area contributed by atoms with Crippen molar-refractivity contribution in [2.75, 3.05) is 12.4 Å². The van der Waals surface area contributed by atoms with Crippen LogP contribution in [0.25, 0.3) is 0 Å². The zero-order valence-electron chi connectivity index (χ0n) is 11.8. The average molecular weight is 305 g/mol. The van der Waals surface area contributed by atoms with Crippen LogP contribution in [0.3, 0.4) is 0 Å². The Kier molecular flexibility index (Phi) is 3.83. The molecule has 0 radical (unpaired) electrons. The largest absolute Gasteiger partial charge is 0.485 e. The average Bonchev–Trinajstić information content (AvgIpc) is 2.85. The van der Waals surface area contributed by atoms with E-state index in [1.165, 1.54) is 11.8 Å². The lowest BCUT2D eigenvalue weighted by Crippen LogP contribution is -2.24. The van der Waals surface area contributed by atoms with Gasteiger partial charge in [0, 0.05) is 7.05 Å². The summed E-state index contributed by atoms with van der Waals surface area (Å²) in [5.41, 5.74) is 0. The molecule has 1 atom stereocenters. The van der Waals surface area contributed by atoms with E-state index in [2.05, 4.69) is 10.2 Å². The van der Waals surface area contributed by atoms with Gasteiger partial charge in [0.1, 0.15) is 12.4 Å². The number of nitrogens with zero attached hydrogens (tertiary/aromatic N) is 3. The van der Waals surface area contributed by atoms with Crippen molar-refractivity contribution in [1.29, 1.82) is 0 Å². The Morgan fingerprint density at radius 3 is 2.90 bits per heavy atom. The van der Waals surface area contributed by atoms with Gasteiger partial charge in [0.05, 0.1) is 5.75 Å². The highest BCUT2D eigenvalue weighted by atomic mass is 32.2. The molecular weight excluding hydrogens is 290 g/mol. The second kappa shape index (κ2) is 5.77. The standard InChI is InChI=1S/C14H15N3O3S/c1-9(18)8-21-14-16-15-13(17(14)2)12-7-19-10-5-3-4-6-11(10)20-12/h3-6,12H,7-8H2,1-2H3/t12-/m1/s1. The molecule has 2 aromatic rings. The zero-order valence-corrected chi connectivity index (χ0v) is 12.6. The topological polar surface area (TPSA) is 66.2 Å². The number of aromatic nitrogens is 3. The summed E-state index contributed by atoms with van der Waals surface area (Å²) in [6.07, 6.45) is -0.302. The van der Waals surface area contributed by atoms with E-state index in [4.69, 9.17) is 9.47 Å². The number of carbonyl (C=O) groups excluding carboxylic acids is 1. The van der Waals surface area contributed by atoms with Crippen molar-refractivity contribution in [3.8, 4) is 11.5 Å². The van der Waals surface area contributed by atoms with Gasteiger partial charge in [0.15, 0.2) is 28.6 Å². The summed E-state index contributed by atoms with van der Waals surface area (Å²) in [6.45, 7) is 1.94. The van der Waals surface area contributed by atoms with E-state index in [1.807, 2.05) is 35.9 Å². The van der Waals surface area contributed by atoms with Gasteiger partial charge in [-0.1, -0.05) is 23.9 Å². The fourth-order valence-electron chi connectivity index (χ4n) is 2.05. The Balaban J connectivity index is 1.78. The molecule has 0 amide bonds. The summed E-state index contributed by atoms with van der Waals surface area (Å²) < 4.78 is 13.4. The monoisotopic (exact) mass is 305 g/mol. The summed E-state index contributed by atoms with van der Waals surface area (Å²) in [5.74, 6) is 2.62. The Bertz CT molecular complexity index is 671. The smallest absolute Gasteiger partial charge is 0.192 e. The Labute approximate surface area is 126 Å². The van der Waals surface area contributed by atoms with Crippen molar-refractivity contribution in [1.82, 2.24) is 14.8 Å². The molecule has 6 nitrogen and oxygen atoms in total. The molecule has 1 aromatic carbocycles. The van der Waals surface area contributed by atoms with E-state index in [0.717, 1.165) is 5.75 Å². The quantitative estimate of drug-likeness (QED) is 0.805. The highest BCUT2D eigenvalue weighted by molar-refractivity contribution is 7.99. The van der Waals surface area contributed by atoms with Crippen molar-refractivity contribution in [2.45, 2.75) is 18.2 Å². The zero-order chi connectivity index (χ0) is 14.8. The van der Waals surface area contributed by atoms with E-state index < -0.39 is 0 Å². The van der Waals surface area contributed by atoms with Gasteiger partial charge in [0.2, 0.25) is 0 Å². The van der Waals surface area contributed by atoms with Crippen LogP contribution in [-0.4, -0.2) is 32.9 Å². The Hall–Kier alpha value is -2.02. The summed E-state index contributed by atoms with van der Waals surface area (Å²) in [6, 6.07) is 7.54. The number of hydrogen-bond donors (Lipinski definition) is 0. The number of thioether (sulfide) groups is 1. The van der Waals surface area contributed by atoms with Crippen LogP contribution in [0.2, 0.25) is 0 Å². The van der Waals surface area contributed by atoms with Crippen molar-refractivity contribution in [2.24, 2.45) is 7.05 Å². The third-order valence-corrected chi connectivity index (χ3v) is 4.23. The van der Waals surface area contributed by atoms with Crippen LogP contribution in [-0.2, 0) is 11.8 Å². The molecule has 0 saturated carbocycles. The third-order valence-electron chi connectivity index (χ3n) is 3.07. The van der Waals surface area contributed by atoms with Crippen LogP contribution in [0, 0.1) is 0 Å². The first-order chi connectivity index (χ1) is 10.1. The molecule has 0 bridgehead atoms. The van der Waals surface area contributed by atoms with E-state index in [1.54, 1.807) is 6.92 Å². The number of rotatable bonds is 4. The fraction of sp³-hybridized carbons (Fsp3) is 0.357. The molecule has 21 heavy (non-hydrogen) atoms. The predicted molar refractivity (Wildman–Crippen MR) is 77.7 cm³/mol. The number of Topliss-reactive ketones (excluding diaryl/α,β-unsaturated/α-hetero) is 1. The lowest BCUT2D eigenvalue weighted by molar-refractivity contribution is -0.114. The molecule has 0 fully saturated rings. The maximum Gasteiger partial charge on any atom is 0.192 e. The van der Waals surface area contributed by atoms with Crippen LogP contribution >= 0.6 is 11.8 Å². The van der Waals surface area contributed by atoms with Crippen molar-refractivity contribution >= 4 is 17.5 Å². The third kappa shape index (κ3) is 2.87. The second-order valence-corrected chi connectivity index (χ2v) is 5.70. The van der Waals surface area contributed by atoms with Gasteiger partial charge in [0.25, 0.3) is 0 Å². The highest BCUT2D eigenvalue weighted by Gasteiger charge is 2.27. The van der Waals surface area contributed by atoms with E-state index in [9.17, 15) is 4.79 Å². The summed E-state index contributed by atoms with van der Waals surface area (Å²) in [4.78, 5) is 11.1. The number of benzene rings is 1. The van der Waals surface area contributed by atoms with Gasteiger partial charge in [-0.25, -0.2) is 0 Å². The molecule has 110 valence electrons. The molecule has 0 unspecified atom stereocenters. The Morgan fingerprint density at radius 1 is 1.38 bits per heavy atom. The lowest BCUT2D eigenvalue weighted by Gasteiger charge is -2.25. The minimum atomic E-state index is -0.302. The molecule has 0 N–H and O–H groups in total. The normalized spacial score (nSPS) is 16.8. The van der Waals surface area contributed by atoms with Crippen LogP contribution in [0.5, 0.6) is 11.5 Å². The maximum absolute atomic E-state index is 11.1. The molecule has 7 heteroatoms. The van der Waals surface area contributed by atoms with Crippen LogP contribution in [0.1, 0.15) is 18.9 Å². The van der Waals surface area contributed by atoms with E-state index in [0.29, 0.717) is 29.1 Å². The minimum absolute atomic E-state index is 0.107. The van der Waals surface area contributed by atoms with E-state index in [-0.39, 0.29) is 11.9 Å². The van der Waals surface area contributed by atoms with Gasteiger partial charge in [-0.2, -0.15) is 0 Å². The summed E-state index contributed by atoms with van der Waals surface area (Å²) in [7, 11) is 1.86. The van der Waals surface area contributed by atoms with Crippen LogP contribution < -0.4 is 9.47 Å². The van der Waals surface area contributed by atoms with Crippen LogP contribution in [0.4, 0.5) is 0 Å². The lowest BCUT2D eigenvalue weighted by atomic mass is 10.2. The second-order valence-electron chi connectivity index (χ2n) is 4.75. The first-order valence-corrected chi connectivity index (χ1v) is 7.53. The van der Waals surface area contributed by atoms with E-state index >= 15 is 0 Å². The number of hydrogen-bond acceptors (Lipinski definition) is 6. The van der Waals surface area contributed by atoms with Gasteiger partial charge in [-0.3, -0.25) is 4.79 Å². The minimum Gasteiger partial charge on any atom is -0.485 e. The highest BCUT2D eigenvalue weighted by Crippen LogP contribution is 2.35. The molecule has 1 aliphatic heterocycles. The number of ether oxygens (including phenoxy) is 2. The molecule has 0 saturated heterocycles. The SMILES string of the molecule is CC(=O)CSc1nnc([C@H]2COc3ccccc3O2)n1C. The molecule has 0 spiro atoms. The predicted octanol–water partition coefficient (Wildman–Crippen LogP) is 2.01. The summed E-state index contributed by atoms with van der Waals surface area (Å²) >= 11 is 1.37. The van der Waals surface area contributed by atoms with Crippen molar-refractivity contribution < 1.29 is 14.3 Å². The summed E-state index contributed by atoms with van der Waals surface area (Å²) in [5, 5.41) is 8.97. The molecule has 3 rings (SSSR count). The molecular formula is C14H15N3O3S. The number of ketones is 1. The number of carbonyl (C=O) groups is 1. The molecule has 1 aromatic heterocycles. The molecule has 2 heterocycles. The van der Waals surface area contributed by atoms with Gasteiger partial charge in [-0.05, 0) is 19.1 Å². The molecule has 1 aliphatic rings. The Morgan fingerprint density at radius 2 is 2.14 bits per heavy atom.